The number of hydrogen-bond acceptors (Lipinski definition) is 5. The van der Waals surface area contributed by atoms with E-state index in [9.17, 15) is 4.79 Å². The van der Waals surface area contributed by atoms with Crippen LogP contribution in [0.3, 0.4) is 0 Å². The number of carbonyl (C=O) groups is 1. The molecule has 1 aromatic carbocycles. The van der Waals surface area contributed by atoms with Gasteiger partial charge in [0, 0.05) is 22.2 Å². The zero-order chi connectivity index (χ0) is 21.9. The average molecular weight is 448 g/mol. The summed E-state index contributed by atoms with van der Waals surface area (Å²) in [6, 6.07) is 15.1. The van der Waals surface area contributed by atoms with E-state index in [1.807, 2.05) is 24.3 Å². The number of aromatic nitrogens is 1. The number of benzene rings is 1. The van der Waals surface area contributed by atoms with Gasteiger partial charge < -0.3 is 15.1 Å². The molecule has 3 heterocycles. The average Bonchev–Trinajstić information content (AvgIpc) is 3.47. The standard InChI is InChI=1S/C25H22FN3O2S/c26-18-10-3-1-8-16(18)23(28-21-13-5-6-14-27-21)22-17-9-2-4-12-20(17)32-25(22)29-24(30)19-11-7-15-31-19/h1,3,5-8,10-11,13-15,23H,2,4,9,12H2,(H,27,28)(H,29,30)/t23-/m0/s1. The monoisotopic (exact) mass is 447 g/mol. The van der Waals surface area contributed by atoms with E-state index in [0.29, 0.717) is 11.4 Å². The number of pyridine rings is 1. The fraction of sp³-hybridized carbons (Fsp3) is 0.200. The Morgan fingerprint density at radius 2 is 1.91 bits per heavy atom. The number of nitrogens with zero attached hydrogens (tertiary/aromatic N) is 1. The summed E-state index contributed by atoms with van der Waals surface area (Å²) in [7, 11) is 0. The molecule has 1 atom stereocenters. The van der Waals surface area contributed by atoms with E-state index in [0.717, 1.165) is 36.2 Å². The molecule has 0 radical (unpaired) electrons. The number of fused-ring (bicyclic) bond motifs is 1. The molecule has 0 saturated heterocycles. The van der Waals surface area contributed by atoms with E-state index >= 15 is 4.39 Å². The van der Waals surface area contributed by atoms with Crippen LogP contribution >= 0.6 is 11.3 Å². The zero-order valence-electron chi connectivity index (χ0n) is 17.3. The zero-order valence-corrected chi connectivity index (χ0v) is 18.1. The highest BCUT2D eigenvalue weighted by Crippen LogP contribution is 2.44. The number of carbonyl (C=O) groups excluding carboxylic acids is 1. The van der Waals surface area contributed by atoms with Gasteiger partial charge in [-0.15, -0.1) is 11.3 Å². The first-order valence-corrected chi connectivity index (χ1v) is 11.4. The molecule has 0 spiro atoms. The first-order chi connectivity index (χ1) is 15.7. The third-order valence-electron chi connectivity index (χ3n) is 5.65. The number of thiophene rings is 1. The summed E-state index contributed by atoms with van der Waals surface area (Å²) in [6.45, 7) is 0. The van der Waals surface area contributed by atoms with Gasteiger partial charge in [-0.3, -0.25) is 4.79 Å². The lowest BCUT2D eigenvalue weighted by Gasteiger charge is -2.24. The van der Waals surface area contributed by atoms with Gasteiger partial charge in [0.15, 0.2) is 5.76 Å². The molecule has 0 unspecified atom stereocenters. The van der Waals surface area contributed by atoms with E-state index in [1.54, 1.807) is 41.8 Å². The van der Waals surface area contributed by atoms with Crippen molar-refractivity contribution in [2.45, 2.75) is 31.7 Å². The molecule has 5 rings (SSSR count). The number of rotatable bonds is 6. The largest absolute Gasteiger partial charge is 0.459 e. The topological polar surface area (TPSA) is 67.2 Å². The Morgan fingerprint density at radius 1 is 1.06 bits per heavy atom. The molecule has 2 N–H and O–H groups in total. The smallest absolute Gasteiger partial charge is 0.291 e. The molecule has 0 saturated carbocycles. The van der Waals surface area contributed by atoms with Crippen molar-refractivity contribution < 1.29 is 13.6 Å². The minimum absolute atomic E-state index is 0.238. The van der Waals surface area contributed by atoms with Gasteiger partial charge in [0.05, 0.1) is 12.3 Å². The summed E-state index contributed by atoms with van der Waals surface area (Å²) in [6.07, 6.45) is 7.19. The Labute approximate surface area is 189 Å². The number of furan rings is 1. The second-order valence-electron chi connectivity index (χ2n) is 7.70. The Kier molecular flexibility index (Phi) is 5.73. The summed E-state index contributed by atoms with van der Waals surface area (Å²) in [5.41, 5.74) is 2.60. The van der Waals surface area contributed by atoms with Gasteiger partial charge in [-0.25, -0.2) is 9.37 Å². The van der Waals surface area contributed by atoms with E-state index < -0.39 is 6.04 Å². The summed E-state index contributed by atoms with van der Waals surface area (Å²) in [5.74, 6) is 0.252. The maximum Gasteiger partial charge on any atom is 0.291 e. The number of amides is 1. The SMILES string of the molecule is O=C(Nc1sc2c(c1[C@@H](Nc1ccccn1)c1ccccc1F)CCCC2)c1ccco1. The molecule has 162 valence electrons. The predicted molar refractivity (Wildman–Crippen MR) is 124 cm³/mol. The molecule has 0 bridgehead atoms. The molecule has 0 fully saturated rings. The van der Waals surface area contributed by atoms with Crippen molar-refractivity contribution in [3.8, 4) is 0 Å². The van der Waals surface area contributed by atoms with Crippen LogP contribution in [0.2, 0.25) is 0 Å². The number of anilines is 2. The van der Waals surface area contributed by atoms with E-state index in [1.165, 1.54) is 22.8 Å². The molecule has 3 aromatic heterocycles. The molecule has 1 amide bonds. The van der Waals surface area contributed by atoms with E-state index in [-0.39, 0.29) is 17.5 Å². The lowest BCUT2D eigenvalue weighted by atomic mass is 9.89. The lowest BCUT2D eigenvalue weighted by Crippen LogP contribution is -2.19. The van der Waals surface area contributed by atoms with Crippen molar-refractivity contribution in [2.24, 2.45) is 0 Å². The summed E-state index contributed by atoms with van der Waals surface area (Å²) in [5, 5.41) is 7.16. The summed E-state index contributed by atoms with van der Waals surface area (Å²) in [4.78, 5) is 18.5. The lowest BCUT2D eigenvalue weighted by molar-refractivity contribution is 0.0997. The van der Waals surface area contributed by atoms with Crippen molar-refractivity contribution >= 4 is 28.1 Å². The minimum atomic E-state index is -0.504. The highest BCUT2D eigenvalue weighted by Gasteiger charge is 2.30. The van der Waals surface area contributed by atoms with Crippen LogP contribution in [0.15, 0.2) is 71.5 Å². The fourth-order valence-electron chi connectivity index (χ4n) is 4.17. The number of nitrogens with one attached hydrogen (secondary N) is 2. The van der Waals surface area contributed by atoms with Crippen LogP contribution < -0.4 is 10.6 Å². The van der Waals surface area contributed by atoms with Crippen molar-refractivity contribution in [1.82, 2.24) is 4.98 Å². The molecule has 32 heavy (non-hydrogen) atoms. The van der Waals surface area contributed by atoms with Gasteiger partial charge in [-0.1, -0.05) is 24.3 Å². The van der Waals surface area contributed by atoms with Crippen LogP contribution in [0.5, 0.6) is 0 Å². The van der Waals surface area contributed by atoms with Crippen LogP contribution in [0, 0.1) is 5.82 Å². The van der Waals surface area contributed by atoms with Crippen LogP contribution in [-0.2, 0) is 12.8 Å². The van der Waals surface area contributed by atoms with Gasteiger partial charge in [-0.05, 0) is 61.6 Å². The molecule has 4 aromatic rings. The Morgan fingerprint density at radius 3 is 2.69 bits per heavy atom. The van der Waals surface area contributed by atoms with E-state index in [2.05, 4.69) is 15.6 Å². The first kappa shape index (κ1) is 20.5. The van der Waals surface area contributed by atoms with Crippen molar-refractivity contribution in [1.29, 1.82) is 0 Å². The second kappa shape index (κ2) is 8.96. The fourth-order valence-corrected chi connectivity index (χ4v) is 5.49. The number of aryl methyl sites for hydroxylation is 1. The molecule has 5 nitrogen and oxygen atoms in total. The quantitative estimate of drug-likeness (QED) is 0.369. The summed E-state index contributed by atoms with van der Waals surface area (Å²) >= 11 is 1.57. The maximum atomic E-state index is 15.0. The number of hydrogen-bond donors (Lipinski definition) is 2. The van der Waals surface area contributed by atoms with Crippen LogP contribution in [-0.4, -0.2) is 10.9 Å². The first-order valence-electron chi connectivity index (χ1n) is 10.6. The van der Waals surface area contributed by atoms with Crippen molar-refractivity contribution in [3.63, 3.8) is 0 Å². The maximum absolute atomic E-state index is 15.0. The third kappa shape index (κ3) is 4.03. The molecular formula is C25H22FN3O2S. The van der Waals surface area contributed by atoms with Gasteiger partial charge in [0.2, 0.25) is 0 Å². The van der Waals surface area contributed by atoms with E-state index in [4.69, 9.17) is 4.42 Å². The van der Waals surface area contributed by atoms with Gasteiger partial charge in [0.25, 0.3) is 5.91 Å². The van der Waals surface area contributed by atoms with Crippen molar-refractivity contribution in [2.75, 3.05) is 10.6 Å². The van der Waals surface area contributed by atoms with Crippen LogP contribution in [0.1, 0.15) is 51.0 Å². The Balaban J connectivity index is 1.63. The minimum Gasteiger partial charge on any atom is -0.459 e. The predicted octanol–water partition coefficient (Wildman–Crippen LogP) is 6.21. The van der Waals surface area contributed by atoms with Crippen molar-refractivity contribution in [3.05, 3.63) is 100 Å². The molecule has 7 heteroatoms. The number of halogens is 1. The highest BCUT2D eigenvalue weighted by atomic mass is 32.1. The Hall–Kier alpha value is -3.45. The highest BCUT2D eigenvalue weighted by molar-refractivity contribution is 7.16. The molecule has 1 aliphatic carbocycles. The molecule has 0 aliphatic heterocycles. The Bertz CT molecular complexity index is 1220. The van der Waals surface area contributed by atoms with Gasteiger partial charge >= 0.3 is 0 Å². The van der Waals surface area contributed by atoms with Gasteiger partial charge in [0.1, 0.15) is 16.6 Å². The second-order valence-corrected chi connectivity index (χ2v) is 8.80. The molecular weight excluding hydrogens is 425 g/mol. The third-order valence-corrected chi connectivity index (χ3v) is 6.87. The molecule has 1 aliphatic rings. The van der Waals surface area contributed by atoms with Gasteiger partial charge in [-0.2, -0.15) is 0 Å². The van der Waals surface area contributed by atoms with Crippen LogP contribution in [0.25, 0.3) is 0 Å². The van der Waals surface area contributed by atoms with Crippen LogP contribution in [0.4, 0.5) is 15.2 Å². The normalized spacial score (nSPS) is 13.9. The summed E-state index contributed by atoms with van der Waals surface area (Å²) < 4.78 is 20.3.